The predicted molar refractivity (Wildman–Crippen MR) is 62.6 cm³/mol. The summed E-state index contributed by atoms with van der Waals surface area (Å²) in [5, 5.41) is 8.69. The second-order valence-corrected chi connectivity index (χ2v) is 4.40. The quantitative estimate of drug-likeness (QED) is 0.676. The van der Waals surface area contributed by atoms with Gasteiger partial charge in [0, 0.05) is 19.0 Å². The molecule has 94 valence electrons. The lowest BCUT2D eigenvalue weighted by Crippen LogP contribution is -2.45. The molecule has 1 N–H and O–H groups in total. The Kier molecular flexibility index (Phi) is 6.42. The van der Waals surface area contributed by atoms with E-state index in [4.69, 9.17) is 9.84 Å². The van der Waals surface area contributed by atoms with Gasteiger partial charge in [-0.15, -0.1) is 0 Å². The van der Waals surface area contributed by atoms with Crippen LogP contribution in [-0.2, 0) is 9.53 Å². The first-order chi connectivity index (χ1) is 7.74. The summed E-state index contributed by atoms with van der Waals surface area (Å²) in [4.78, 5) is 12.9. The van der Waals surface area contributed by atoms with Crippen LogP contribution in [0.2, 0.25) is 0 Å². The molecule has 4 heteroatoms. The minimum atomic E-state index is -0.709. The van der Waals surface area contributed by atoms with Crippen LogP contribution in [0.25, 0.3) is 0 Å². The van der Waals surface area contributed by atoms with Gasteiger partial charge in [0.05, 0.1) is 13.2 Å². The molecule has 1 fully saturated rings. The van der Waals surface area contributed by atoms with Gasteiger partial charge in [-0.2, -0.15) is 0 Å². The van der Waals surface area contributed by atoms with Crippen molar-refractivity contribution in [1.82, 2.24) is 4.90 Å². The van der Waals surface area contributed by atoms with Gasteiger partial charge in [0.25, 0.3) is 0 Å². The molecule has 0 aromatic carbocycles. The molecular weight excluding hydrogens is 206 g/mol. The van der Waals surface area contributed by atoms with Crippen LogP contribution in [0, 0.1) is 0 Å². The molecule has 0 radical (unpaired) electrons. The highest BCUT2D eigenvalue weighted by atomic mass is 16.5. The molecule has 1 aliphatic rings. The van der Waals surface area contributed by atoms with E-state index in [-0.39, 0.29) is 6.42 Å². The Labute approximate surface area is 97.6 Å². The van der Waals surface area contributed by atoms with Gasteiger partial charge < -0.3 is 9.84 Å². The molecule has 0 bridgehead atoms. The van der Waals surface area contributed by atoms with E-state index < -0.39 is 5.97 Å². The molecule has 0 aromatic heterocycles. The first-order valence-electron chi connectivity index (χ1n) is 6.27. The van der Waals surface area contributed by atoms with Gasteiger partial charge in [-0.25, -0.2) is 0 Å². The molecule has 0 aromatic rings. The highest BCUT2D eigenvalue weighted by Crippen LogP contribution is 2.13. The maximum atomic E-state index is 10.5. The number of morpholine rings is 1. The third-order valence-electron chi connectivity index (χ3n) is 3.09. The van der Waals surface area contributed by atoms with Crippen molar-refractivity contribution in [2.24, 2.45) is 0 Å². The molecule has 0 amide bonds. The first-order valence-corrected chi connectivity index (χ1v) is 6.27. The zero-order valence-electron chi connectivity index (χ0n) is 10.2. The van der Waals surface area contributed by atoms with E-state index in [1.807, 2.05) is 0 Å². The number of hydrogen-bond donors (Lipinski definition) is 1. The topological polar surface area (TPSA) is 49.8 Å². The lowest BCUT2D eigenvalue weighted by atomic mass is 10.1. The molecule has 1 aliphatic heterocycles. The fourth-order valence-electron chi connectivity index (χ4n) is 2.10. The number of ether oxygens (including phenoxy) is 1. The number of carboxylic acid groups (broad SMARTS) is 1. The Hall–Kier alpha value is -0.610. The van der Waals surface area contributed by atoms with Gasteiger partial charge in [-0.1, -0.05) is 19.8 Å². The number of aliphatic carboxylic acids is 1. The van der Waals surface area contributed by atoms with Gasteiger partial charge in [-0.3, -0.25) is 9.69 Å². The lowest BCUT2D eigenvalue weighted by Gasteiger charge is -2.35. The summed E-state index contributed by atoms with van der Waals surface area (Å²) in [5.74, 6) is -0.709. The SMILES string of the molecule is CCCCCN1CCOCC1CCC(=O)O. The molecule has 16 heavy (non-hydrogen) atoms. The number of carbonyl (C=O) groups is 1. The standard InChI is InChI=1S/C12H23NO3/c1-2-3-4-7-13-8-9-16-10-11(13)5-6-12(14)15/h11H,2-10H2,1H3,(H,14,15). The van der Waals surface area contributed by atoms with Crippen molar-refractivity contribution in [3.05, 3.63) is 0 Å². The summed E-state index contributed by atoms with van der Waals surface area (Å²) in [7, 11) is 0. The van der Waals surface area contributed by atoms with Crippen molar-refractivity contribution in [3.63, 3.8) is 0 Å². The van der Waals surface area contributed by atoms with E-state index in [0.29, 0.717) is 19.1 Å². The molecule has 1 heterocycles. The molecular formula is C12H23NO3. The van der Waals surface area contributed by atoms with Crippen LogP contribution in [0.5, 0.6) is 0 Å². The largest absolute Gasteiger partial charge is 0.481 e. The van der Waals surface area contributed by atoms with E-state index >= 15 is 0 Å². The summed E-state index contributed by atoms with van der Waals surface area (Å²) in [6, 6.07) is 0.307. The second-order valence-electron chi connectivity index (χ2n) is 4.40. The molecule has 1 saturated heterocycles. The Morgan fingerprint density at radius 3 is 3.00 bits per heavy atom. The molecule has 0 spiro atoms. The molecule has 1 unspecified atom stereocenters. The maximum Gasteiger partial charge on any atom is 0.303 e. The zero-order chi connectivity index (χ0) is 11.8. The van der Waals surface area contributed by atoms with Crippen LogP contribution >= 0.6 is 0 Å². The highest BCUT2D eigenvalue weighted by molar-refractivity contribution is 5.66. The maximum absolute atomic E-state index is 10.5. The van der Waals surface area contributed by atoms with Crippen molar-refractivity contribution < 1.29 is 14.6 Å². The van der Waals surface area contributed by atoms with Gasteiger partial charge in [0.1, 0.15) is 0 Å². The van der Waals surface area contributed by atoms with Gasteiger partial charge >= 0.3 is 5.97 Å². The van der Waals surface area contributed by atoms with Gasteiger partial charge in [0.15, 0.2) is 0 Å². The number of hydrogen-bond acceptors (Lipinski definition) is 3. The van der Waals surface area contributed by atoms with Crippen LogP contribution < -0.4 is 0 Å². The van der Waals surface area contributed by atoms with E-state index in [0.717, 1.165) is 19.7 Å². The Balaban J connectivity index is 2.28. The van der Waals surface area contributed by atoms with Crippen LogP contribution in [0.4, 0.5) is 0 Å². The van der Waals surface area contributed by atoms with Crippen LogP contribution in [0.3, 0.4) is 0 Å². The minimum absolute atomic E-state index is 0.248. The molecule has 0 saturated carbocycles. The lowest BCUT2D eigenvalue weighted by molar-refractivity contribution is -0.137. The average molecular weight is 229 g/mol. The van der Waals surface area contributed by atoms with Crippen molar-refractivity contribution in [2.75, 3.05) is 26.3 Å². The van der Waals surface area contributed by atoms with Crippen molar-refractivity contribution in [3.8, 4) is 0 Å². The van der Waals surface area contributed by atoms with Crippen molar-refractivity contribution in [1.29, 1.82) is 0 Å². The van der Waals surface area contributed by atoms with E-state index in [9.17, 15) is 4.79 Å². The van der Waals surface area contributed by atoms with Crippen LogP contribution in [-0.4, -0.2) is 48.3 Å². The van der Waals surface area contributed by atoms with Crippen LogP contribution in [0.15, 0.2) is 0 Å². The Morgan fingerprint density at radius 1 is 1.50 bits per heavy atom. The van der Waals surface area contributed by atoms with Crippen molar-refractivity contribution in [2.45, 2.75) is 45.1 Å². The smallest absolute Gasteiger partial charge is 0.303 e. The van der Waals surface area contributed by atoms with E-state index in [1.165, 1.54) is 19.3 Å². The molecule has 4 nitrogen and oxygen atoms in total. The number of carboxylic acids is 1. The van der Waals surface area contributed by atoms with Gasteiger partial charge in [0.2, 0.25) is 0 Å². The molecule has 1 rings (SSSR count). The van der Waals surface area contributed by atoms with E-state index in [1.54, 1.807) is 0 Å². The van der Waals surface area contributed by atoms with Crippen LogP contribution in [0.1, 0.15) is 39.0 Å². The Morgan fingerprint density at radius 2 is 2.31 bits per heavy atom. The third kappa shape index (κ3) is 4.94. The first kappa shape index (κ1) is 13.5. The number of unbranched alkanes of at least 4 members (excludes halogenated alkanes) is 2. The summed E-state index contributed by atoms with van der Waals surface area (Å²) in [6.07, 6.45) is 4.65. The minimum Gasteiger partial charge on any atom is -0.481 e. The summed E-state index contributed by atoms with van der Waals surface area (Å²) in [6.45, 7) is 5.71. The predicted octanol–water partition coefficient (Wildman–Crippen LogP) is 1.74. The second kappa shape index (κ2) is 7.63. The Bertz CT molecular complexity index is 208. The fourth-order valence-corrected chi connectivity index (χ4v) is 2.10. The normalized spacial score (nSPS) is 22.2. The molecule has 0 aliphatic carbocycles. The zero-order valence-corrected chi connectivity index (χ0v) is 10.2. The fraction of sp³-hybridized carbons (Fsp3) is 0.917. The number of nitrogens with zero attached hydrogens (tertiary/aromatic N) is 1. The molecule has 1 atom stereocenters. The number of rotatable bonds is 7. The summed E-state index contributed by atoms with van der Waals surface area (Å²) >= 11 is 0. The monoisotopic (exact) mass is 229 g/mol. The summed E-state index contributed by atoms with van der Waals surface area (Å²) in [5.41, 5.74) is 0. The van der Waals surface area contributed by atoms with Gasteiger partial charge in [-0.05, 0) is 19.4 Å². The van der Waals surface area contributed by atoms with E-state index in [2.05, 4.69) is 11.8 Å². The van der Waals surface area contributed by atoms with Crippen molar-refractivity contribution >= 4 is 5.97 Å². The third-order valence-corrected chi connectivity index (χ3v) is 3.09. The summed E-state index contributed by atoms with van der Waals surface area (Å²) < 4.78 is 5.42. The average Bonchev–Trinajstić information content (AvgIpc) is 2.28. The highest BCUT2D eigenvalue weighted by Gasteiger charge is 2.22.